The predicted molar refractivity (Wildman–Crippen MR) is 124 cm³/mol. The van der Waals surface area contributed by atoms with Crippen LogP contribution in [0.15, 0.2) is 46.0 Å². The molecule has 0 saturated heterocycles. The quantitative estimate of drug-likeness (QED) is 0.264. The third kappa shape index (κ3) is 8.11. The molecule has 0 aliphatic rings. The van der Waals surface area contributed by atoms with Gasteiger partial charge in [0.15, 0.2) is 18.1 Å². The molecule has 2 amide bonds. The number of halogens is 1. The monoisotopic (exact) mass is 521 g/mol. The van der Waals surface area contributed by atoms with Crippen molar-refractivity contribution in [1.82, 2.24) is 10.7 Å². The molecule has 0 atom stereocenters. The van der Waals surface area contributed by atoms with Crippen LogP contribution in [0, 0.1) is 0 Å². The van der Waals surface area contributed by atoms with Gasteiger partial charge in [-0.05, 0) is 64.8 Å². The fourth-order valence-corrected chi connectivity index (χ4v) is 3.02. The van der Waals surface area contributed by atoms with E-state index in [1.165, 1.54) is 26.5 Å². The van der Waals surface area contributed by atoms with E-state index in [2.05, 4.69) is 31.8 Å². The molecule has 176 valence electrons. The fourth-order valence-electron chi connectivity index (χ4n) is 2.51. The van der Waals surface area contributed by atoms with Crippen LogP contribution < -0.4 is 25.0 Å². The smallest absolute Gasteiger partial charge is 0.344 e. The molecule has 0 aliphatic carbocycles. The van der Waals surface area contributed by atoms with Crippen molar-refractivity contribution >= 4 is 39.9 Å². The van der Waals surface area contributed by atoms with Crippen molar-refractivity contribution in [3.8, 4) is 17.2 Å². The zero-order valence-electron chi connectivity index (χ0n) is 18.3. The maximum absolute atomic E-state index is 12.2. The lowest BCUT2D eigenvalue weighted by molar-refractivity contribution is -0.145. The molecule has 11 heteroatoms. The Morgan fingerprint density at radius 3 is 2.42 bits per heavy atom. The van der Waals surface area contributed by atoms with E-state index in [0.29, 0.717) is 32.8 Å². The maximum atomic E-state index is 12.2. The molecule has 0 unspecified atom stereocenters. The molecule has 10 nitrogen and oxygen atoms in total. The van der Waals surface area contributed by atoms with Crippen LogP contribution in [0.5, 0.6) is 17.2 Å². The average molecular weight is 522 g/mol. The van der Waals surface area contributed by atoms with E-state index in [9.17, 15) is 14.4 Å². The number of nitrogens with one attached hydrogen (secondary N) is 2. The minimum atomic E-state index is -0.506. The second-order valence-electron chi connectivity index (χ2n) is 6.33. The van der Waals surface area contributed by atoms with E-state index in [0.717, 1.165) is 0 Å². The SMILES string of the molecule is CCOC(=O)COc1ccc(/C=N/NC(=O)CNC(=O)c2ccc(OC)c(OC)c2)cc1Br. The van der Waals surface area contributed by atoms with Crippen LogP contribution in [-0.2, 0) is 14.3 Å². The molecule has 2 aromatic carbocycles. The first-order valence-electron chi connectivity index (χ1n) is 9.78. The van der Waals surface area contributed by atoms with E-state index < -0.39 is 17.8 Å². The summed E-state index contributed by atoms with van der Waals surface area (Å²) in [6.07, 6.45) is 1.42. The second kappa shape index (κ2) is 13.1. The van der Waals surface area contributed by atoms with Crippen LogP contribution in [0.2, 0.25) is 0 Å². The first-order chi connectivity index (χ1) is 15.9. The topological polar surface area (TPSA) is 125 Å². The Bertz CT molecular complexity index is 1030. The van der Waals surface area contributed by atoms with E-state index >= 15 is 0 Å². The molecule has 2 aromatic rings. The van der Waals surface area contributed by atoms with Gasteiger partial charge in [0.05, 0.1) is 38.1 Å². The average Bonchev–Trinajstić information content (AvgIpc) is 2.81. The highest BCUT2D eigenvalue weighted by molar-refractivity contribution is 9.10. The number of ether oxygens (including phenoxy) is 4. The molecule has 0 saturated carbocycles. The Morgan fingerprint density at radius 1 is 1.03 bits per heavy atom. The number of hydrogen-bond acceptors (Lipinski definition) is 8. The first-order valence-corrected chi connectivity index (χ1v) is 10.6. The highest BCUT2D eigenvalue weighted by Gasteiger charge is 2.12. The lowest BCUT2D eigenvalue weighted by Crippen LogP contribution is -2.34. The van der Waals surface area contributed by atoms with Gasteiger partial charge >= 0.3 is 5.97 Å². The van der Waals surface area contributed by atoms with Crippen molar-refractivity contribution < 1.29 is 33.3 Å². The summed E-state index contributed by atoms with van der Waals surface area (Å²) < 4.78 is 21.1. The van der Waals surface area contributed by atoms with Crippen molar-refractivity contribution in [2.75, 3.05) is 34.0 Å². The van der Waals surface area contributed by atoms with Gasteiger partial charge in [0, 0.05) is 5.56 Å². The minimum Gasteiger partial charge on any atom is -0.493 e. The van der Waals surface area contributed by atoms with Crippen LogP contribution in [-0.4, -0.2) is 58.0 Å². The number of carbonyl (C=O) groups excluding carboxylic acids is 3. The summed E-state index contributed by atoms with van der Waals surface area (Å²) in [5.74, 6) is -0.0573. The number of esters is 1. The third-order valence-electron chi connectivity index (χ3n) is 4.06. The summed E-state index contributed by atoms with van der Waals surface area (Å²) in [7, 11) is 2.96. The summed E-state index contributed by atoms with van der Waals surface area (Å²) in [5, 5.41) is 6.37. The van der Waals surface area contributed by atoms with Gasteiger partial charge in [0.1, 0.15) is 5.75 Å². The van der Waals surface area contributed by atoms with Gasteiger partial charge in [-0.2, -0.15) is 5.10 Å². The lowest BCUT2D eigenvalue weighted by atomic mass is 10.2. The Labute approximate surface area is 199 Å². The summed E-state index contributed by atoms with van der Waals surface area (Å²) in [5.41, 5.74) is 3.32. The second-order valence-corrected chi connectivity index (χ2v) is 7.18. The molecule has 0 aliphatic heterocycles. The fraction of sp³-hybridized carbons (Fsp3) is 0.273. The number of benzene rings is 2. The number of methoxy groups -OCH3 is 2. The van der Waals surface area contributed by atoms with Gasteiger partial charge < -0.3 is 24.3 Å². The van der Waals surface area contributed by atoms with Crippen molar-refractivity contribution in [2.45, 2.75) is 6.92 Å². The summed E-state index contributed by atoms with van der Waals surface area (Å²) in [4.78, 5) is 35.6. The highest BCUT2D eigenvalue weighted by Crippen LogP contribution is 2.27. The summed E-state index contributed by atoms with van der Waals surface area (Å²) >= 11 is 3.35. The van der Waals surface area contributed by atoms with E-state index in [1.54, 1.807) is 37.3 Å². The summed E-state index contributed by atoms with van der Waals surface area (Å²) in [6.45, 7) is 1.52. The first kappa shape index (κ1) is 25.7. The van der Waals surface area contributed by atoms with Crippen molar-refractivity contribution in [1.29, 1.82) is 0 Å². The molecule has 0 aromatic heterocycles. The molecular formula is C22H24BrN3O7. The zero-order valence-corrected chi connectivity index (χ0v) is 19.9. The number of hydrazone groups is 1. The molecule has 0 radical (unpaired) electrons. The van der Waals surface area contributed by atoms with Crippen molar-refractivity contribution in [2.24, 2.45) is 5.10 Å². The van der Waals surface area contributed by atoms with Crippen LogP contribution in [0.1, 0.15) is 22.8 Å². The number of carbonyl (C=O) groups is 3. The molecule has 2 rings (SSSR count). The number of hydrogen-bond donors (Lipinski definition) is 2. The highest BCUT2D eigenvalue weighted by atomic mass is 79.9. The zero-order chi connectivity index (χ0) is 24.2. The van der Waals surface area contributed by atoms with Gasteiger partial charge in [0.2, 0.25) is 0 Å². The number of rotatable bonds is 11. The summed E-state index contributed by atoms with van der Waals surface area (Å²) in [6, 6.07) is 9.72. The third-order valence-corrected chi connectivity index (χ3v) is 4.68. The predicted octanol–water partition coefficient (Wildman–Crippen LogP) is 2.29. The van der Waals surface area contributed by atoms with E-state index in [-0.39, 0.29) is 19.8 Å². The van der Waals surface area contributed by atoms with Gasteiger partial charge in [-0.15, -0.1) is 0 Å². The normalized spacial score (nSPS) is 10.4. The van der Waals surface area contributed by atoms with Crippen molar-refractivity contribution in [3.05, 3.63) is 52.0 Å². The van der Waals surface area contributed by atoms with E-state index in [4.69, 9.17) is 18.9 Å². The Hall–Kier alpha value is -3.60. The molecular weight excluding hydrogens is 498 g/mol. The van der Waals surface area contributed by atoms with Gasteiger partial charge in [-0.25, -0.2) is 10.2 Å². The maximum Gasteiger partial charge on any atom is 0.344 e. The van der Waals surface area contributed by atoms with Crippen LogP contribution in [0.25, 0.3) is 0 Å². The molecule has 0 spiro atoms. The van der Waals surface area contributed by atoms with Crippen LogP contribution in [0.4, 0.5) is 0 Å². The van der Waals surface area contributed by atoms with Crippen molar-refractivity contribution in [3.63, 3.8) is 0 Å². The largest absolute Gasteiger partial charge is 0.493 e. The standard InChI is InChI=1S/C22H24BrN3O7/c1-4-32-21(28)13-33-17-7-5-14(9-16(17)23)11-25-26-20(27)12-24-22(29)15-6-8-18(30-2)19(10-15)31-3/h5-11H,4,12-13H2,1-3H3,(H,24,29)(H,26,27)/b25-11+. The molecule has 2 N–H and O–H groups in total. The van der Waals surface area contributed by atoms with Gasteiger partial charge in [0.25, 0.3) is 11.8 Å². The van der Waals surface area contributed by atoms with Crippen LogP contribution in [0.3, 0.4) is 0 Å². The lowest BCUT2D eigenvalue weighted by Gasteiger charge is -2.09. The molecule has 0 fully saturated rings. The Morgan fingerprint density at radius 2 is 1.76 bits per heavy atom. The Kier molecular flexibility index (Phi) is 10.2. The van der Waals surface area contributed by atoms with Crippen LogP contribution >= 0.6 is 15.9 Å². The van der Waals surface area contributed by atoms with Gasteiger partial charge in [-0.3, -0.25) is 9.59 Å². The molecule has 0 bridgehead atoms. The molecule has 33 heavy (non-hydrogen) atoms. The van der Waals surface area contributed by atoms with E-state index in [1.807, 2.05) is 0 Å². The van der Waals surface area contributed by atoms with Gasteiger partial charge in [-0.1, -0.05) is 0 Å². The number of amides is 2. The number of nitrogens with zero attached hydrogens (tertiary/aromatic N) is 1. The Balaban J connectivity index is 1.83. The minimum absolute atomic E-state index is 0.203. The molecule has 0 heterocycles.